The van der Waals surface area contributed by atoms with Crippen LogP contribution in [0.25, 0.3) is 0 Å². The number of hydrogen-bond acceptors (Lipinski definition) is 4. The van der Waals surface area contributed by atoms with E-state index in [4.69, 9.17) is 9.47 Å². The molecule has 2 amide bonds. The molecule has 0 unspecified atom stereocenters. The molecule has 0 fully saturated rings. The largest absolute Gasteiger partial charge is 0.493 e. The average Bonchev–Trinajstić information content (AvgIpc) is 2.62. The minimum Gasteiger partial charge on any atom is -0.493 e. The standard InChI is InChI=1S/C19H22N2O4/c1-12-5-6-14(9-13(12)2)10-18(22)20-21-19(23)15-7-8-16(24-3)17(11-15)25-4/h5-9,11H,10H2,1-4H3,(H,20,22)(H,21,23). The summed E-state index contributed by atoms with van der Waals surface area (Å²) in [6.45, 7) is 4.01. The maximum Gasteiger partial charge on any atom is 0.269 e. The lowest BCUT2D eigenvalue weighted by molar-refractivity contribution is -0.121. The van der Waals surface area contributed by atoms with Crippen LogP contribution in [-0.4, -0.2) is 26.0 Å². The molecule has 0 heterocycles. The molecule has 2 N–H and O–H groups in total. The van der Waals surface area contributed by atoms with Crippen LogP contribution >= 0.6 is 0 Å². The molecule has 0 aliphatic rings. The molecule has 0 atom stereocenters. The van der Waals surface area contributed by atoms with Crippen molar-refractivity contribution in [2.45, 2.75) is 20.3 Å². The lowest BCUT2D eigenvalue weighted by atomic mass is 10.0. The van der Waals surface area contributed by atoms with Crippen molar-refractivity contribution in [3.05, 3.63) is 58.7 Å². The van der Waals surface area contributed by atoms with Gasteiger partial charge in [-0.25, -0.2) is 0 Å². The average molecular weight is 342 g/mol. The number of nitrogens with one attached hydrogen (secondary N) is 2. The van der Waals surface area contributed by atoms with Gasteiger partial charge in [0.15, 0.2) is 11.5 Å². The zero-order chi connectivity index (χ0) is 18.4. The van der Waals surface area contributed by atoms with E-state index in [0.29, 0.717) is 17.1 Å². The SMILES string of the molecule is COc1ccc(C(=O)NNC(=O)Cc2ccc(C)c(C)c2)cc1OC. The van der Waals surface area contributed by atoms with Crippen LogP contribution in [-0.2, 0) is 11.2 Å². The number of hydrazine groups is 1. The Morgan fingerprint density at radius 2 is 1.60 bits per heavy atom. The molecule has 0 bridgehead atoms. The molecule has 25 heavy (non-hydrogen) atoms. The monoisotopic (exact) mass is 342 g/mol. The summed E-state index contributed by atoms with van der Waals surface area (Å²) in [5, 5.41) is 0. The number of amides is 2. The molecule has 0 aliphatic carbocycles. The van der Waals surface area contributed by atoms with Gasteiger partial charge in [0, 0.05) is 5.56 Å². The Kier molecular flexibility index (Phi) is 6.00. The van der Waals surface area contributed by atoms with Crippen molar-refractivity contribution in [1.82, 2.24) is 10.9 Å². The molecule has 0 saturated carbocycles. The molecule has 2 aromatic rings. The van der Waals surface area contributed by atoms with Crippen LogP contribution in [0.5, 0.6) is 11.5 Å². The van der Waals surface area contributed by atoms with E-state index in [9.17, 15) is 9.59 Å². The van der Waals surface area contributed by atoms with E-state index < -0.39 is 5.91 Å². The molecule has 2 aromatic carbocycles. The fourth-order valence-corrected chi connectivity index (χ4v) is 2.32. The van der Waals surface area contributed by atoms with Crippen molar-refractivity contribution in [2.75, 3.05) is 14.2 Å². The van der Waals surface area contributed by atoms with Crippen LogP contribution in [0.4, 0.5) is 0 Å². The van der Waals surface area contributed by atoms with Crippen molar-refractivity contribution in [1.29, 1.82) is 0 Å². The summed E-state index contributed by atoms with van der Waals surface area (Å²) < 4.78 is 10.3. The zero-order valence-electron chi connectivity index (χ0n) is 14.8. The van der Waals surface area contributed by atoms with Crippen LogP contribution in [0, 0.1) is 13.8 Å². The van der Waals surface area contributed by atoms with Crippen molar-refractivity contribution in [2.24, 2.45) is 0 Å². The molecular weight excluding hydrogens is 320 g/mol. The second-order valence-electron chi connectivity index (χ2n) is 5.67. The van der Waals surface area contributed by atoms with Gasteiger partial charge in [0.25, 0.3) is 5.91 Å². The van der Waals surface area contributed by atoms with E-state index in [-0.39, 0.29) is 12.3 Å². The summed E-state index contributed by atoms with van der Waals surface area (Å²) >= 11 is 0. The van der Waals surface area contributed by atoms with Crippen molar-refractivity contribution in [3.63, 3.8) is 0 Å². The van der Waals surface area contributed by atoms with Gasteiger partial charge < -0.3 is 9.47 Å². The first-order valence-electron chi connectivity index (χ1n) is 7.82. The normalized spacial score (nSPS) is 10.1. The molecule has 2 rings (SSSR count). The quantitative estimate of drug-likeness (QED) is 0.818. The van der Waals surface area contributed by atoms with Gasteiger partial charge in [-0.2, -0.15) is 0 Å². The first kappa shape index (κ1) is 18.3. The maximum atomic E-state index is 12.1. The van der Waals surface area contributed by atoms with E-state index >= 15 is 0 Å². The van der Waals surface area contributed by atoms with Gasteiger partial charge in [0.05, 0.1) is 20.6 Å². The predicted octanol–water partition coefficient (Wildman–Crippen LogP) is 2.32. The van der Waals surface area contributed by atoms with Gasteiger partial charge in [-0.3, -0.25) is 20.4 Å². The summed E-state index contributed by atoms with van der Waals surface area (Å²) in [6, 6.07) is 10.6. The number of methoxy groups -OCH3 is 2. The molecule has 6 heteroatoms. The highest BCUT2D eigenvalue weighted by Crippen LogP contribution is 2.27. The Morgan fingerprint density at radius 1 is 0.880 bits per heavy atom. The number of hydrogen-bond donors (Lipinski definition) is 2. The lowest BCUT2D eigenvalue weighted by Gasteiger charge is -2.11. The highest BCUT2D eigenvalue weighted by atomic mass is 16.5. The van der Waals surface area contributed by atoms with Gasteiger partial charge in [-0.05, 0) is 48.7 Å². The minimum atomic E-state index is -0.436. The Bertz CT molecular complexity index is 787. The Hall–Kier alpha value is -3.02. The molecule has 0 saturated heterocycles. The topological polar surface area (TPSA) is 76.7 Å². The van der Waals surface area contributed by atoms with E-state index in [1.54, 1.807) is 18.2 Å². The Labute approximate surface area is 147 Å². The molecule has 0 spiro atoms. The number of ether oxygens (including phenoxy) is 2. The first-order valence-corrected chi connectivity index (χ1v) is 7.82. The molecule has 0 aromatic heterocycles. The highest BCUT2D eigenvalue weighted by Gasteiger charge is 2.12. The predicted molar refractivity (Wildman–Crippen MR) is 94.8 cm³/mol. The number of benzene rings is 2. The minimum absolute atomic E-state index is 0.188. The van der Waals surface area contributed by atoms with Gasteiger partial charge in [-0.15, -0.1) is 0 Å². The van der Waals surface area contributed by atoms with Crippen LogP contribution in [0.2, 0.25) is 0 Å². The molecule has 0 radical (unpaired) electrons. The Morgan fingerprint density at radius 3 is 2.24 bits per heavy atom. The van der Waals surface area contributed by atoms with E-state index in [1.807, 2.05) is 32.0 Å². The third-order valence-corrected chi connectivity index (χ3v) is 3.90. The highest BCUT2D eigenvalue weighted by molar-refractivity contribution is 5.96. The molecular formula is C19H22N2O4. The van der Waals surface area contributed by atoms with Crippen LogP contribution in [0.3, 0.4) is 0 Å². The van der Waals surface area contributed by atoms with Crippen molar-refractivity contribution in [3.8, 4) is 11.5 Å². The number of carbonyl (C=O) groups is 2. The van der Waals surface area contributed by atoms with Gasteiger partial charge >= 0.3 is 0 Å². The third-order valence-electron chi connectivity index (χ3n) is 3.90. The second-order valence-corrected chi connectivity index (χ2v) is 5.67. The number of rotatable bonds is 5. The van der Waals surface area contributed by atoms with Crippen LogP contribution < -0.4 is 20.3 Å². The van der Waals surface area contributed by atoms with Crippen molar-refractivity contribution < 1.29 is 19.1 Å². The zero-order valence-corrected chi connectivity index (χ0v) is 14.8. The number of aryl methyl sites for hydroxylation is 2. The Balaban J connectivity index is 1.94. The molecule has 0 aliphatic heterocycles. The first-order chi connectivity index (χ1) is 11.9. The van der Waals surface area contributed by atoms with E-state index in [1.165, 1.54) is 19.8 Å². The third kappa shape index (κ3) is 4.73. The lowest BCUT2D eigenvalue weighted by Crippen LogP contribution is -2.42. The van der Waals surface area contributed by atoms with Gasteiger partial charge in [0.2, 0.25) is 5.91 Å². The fraction of sp³-hybridized carbons (Fsp3) is 0.263. The fourth-order valence-electron chi connectivity index (χ4n) is 2.32. The maximum absolute atomic E-state index is 12.1. The van der Waals surface area contributed by atoms with Gasteiger partial charge in [-0.1, -0.05) is 18.2 Å². The smallest absolute Gasteiger partial charge is 0.269 e. The summed E-state index contributed by atoms with van der Waals surface area (Å²) in [7, 11) is 3.01. The summed E-state index contributed by atoms with van der Waals surface area (Å²) in [6.07, 6.45) is 0.188. The second kappa shape index (κ2) is 8.19. The summed E-state index contributed by atoms with van der Waals surface area (Å²) in [5.74, 6) is 0.237. The van der Waals surface area contributed by atoms with E-state index in [0.717, 1.165) is 11.1 Å². The summed E-state index contributed by atoms with van der Waals surface area (Å²) in [5.41, 5.74) is 8.36. The van der Waals surface area contributed by atoms with E-state index in [2.05, 4.69) is 10.9 Å². The van der Waals surface area contributed by atoms with Gasteiger partial charge in [0.1, 0.15) is 0 Å². The molecule has 132 valence electrons. The number of carbonyl (C=O) groups excluding carboxylic acids is 2. The molecule has 6 nitrogen and oxygen atoms in total. The van der Waals surface area contributed by atoms with Crippen LogP contribution in [0.1, 0.15) is 27.0 Å². The van der Waals surface area contributed by atoms with Crippen LogP contribution in [0.15, 0.2) is 36.4 Å². The van der Waals surface area contributed by atoms with Crippen molar-refractivity contribution >= 4 is 11.8 Å². The summed E-state index contributed by atoms with van der Waals surface area (Å²) in [4.78, 5) is 24.1.